The first-order chi connectivity index (χ1) is 10.4. The molecular formula is C19H15NS. The van der Waals surface area contributed by atoms with Crippen LogP contribution in [0, 0.1) is 0 Å². The molecule has 0 radical (unpaired) electrons. The normalized spacial score (nSPS) is 15.0. The van der Waals surface area contributed by atoms with Crippen molar-refractivity contribution in [3.8, 4) is 11.1 Å². The van der Waals surface area contributed by atoms with Crippen LogP contribution in [-0.4, -0.2) is 4.98 Å². The average molecular weight is 289 g/mol. The summed E-state index contributed by atoms with van der Waals surface area (Å²) in [5.74, 6) is 0. The van der Waals surface area contributed by atoms with E-state index in [9.17, 15) is 0 Å². The van der Waals surface area contributed by atoms with Crippen molar-refractivity contribution >= 4 is 21.8 Å². The van der Waals surface area contributed by atoms with Gasteiger partial charge in [-0.1, -0.05) is 60.7 Å². The number of pyridine rings is 1. The molecule has 0 atom stereocenters. The molecule has 0 saturated carbocycles. The fourth-order valence-corrected chi connectivity index (χ4v) is 4.42. The zero-order valence-electron chi connectivity index (χ0n) is 11.5. The molecule has 0 amide bonds. The van der Waals surface area contributed by atoms with Crippen LogP contribution < -0.4 is 0 Å². The summed E-state index contributed by atoms with van der Waals surface area (Å²) in [6.45, 7) is 0. The molecule has 0 saturated heterocycles. The van der Waals surface area contributed by atoms with Crippen molar-refractivity contribution in [2.75, 3.05) is 0 Å². The summed E-state index contributed by atoms with van der Waals surface area (Å²) >= 11 is 0. The van der Waals surface area contributed by atoms with Crippen molar-refractivity contribution in [1.82, 2.24) is 4.98 Å². The van der Waals surface area contributed by atoms with Gasteiger partial charge in [0.25, 0.3) is 0 Å². The van der Waals surface area contributed by atoms with E-state index >= 15 is 0 Å². The van der Waals surface area contributed by atoms with E-state index in [-0.39, 0.29) is 10.9 Å². The highest BCUT2D eigenvalue weighted by molar-refractivity contribution is 8.22. The molecule has 0 bridgehead atoms. The minimum absolute atomic E-state index is 0.381. The first-order valence-corrected chi connectivity index (χ1v) is 8.48. The minimum Gasteiger partial charge on any atom is -0.255 e. The van der Waals surface area contributed by atoms with Crippen LogP contribution in [0.2, 0.25) is 0 Å². The van der Waals surface area contributed by atoms with E-state index in [1.54, 1.807) is 0 Å². The molecule has 3 aromatic rings. The SMILES string of the molecule is C1=C[SH](c2cnc3ccccc3c2-c2ccccc2)C=C1. The number of aromatic nitrogens is 1. The van der Waals surface area contributed by atoms with Crippen LogP contribution in [0.15, 0.2) is 88.7 Å². The standard InChI is InChI=1S/C19H15NS/c1-2-8-15(9-3-1)19-16-10-4-5-11-17(16)20-14-18(19)21-12-6-7-13-21/h1-14,21H. The Hall–Kier alpha value is -2.32. The Balaban J connectivity index is 2.05. The Morgan fingerprint density at radius 3 is 2.29 bits per heavy atom. The summed E-state index contributed by atoms with van der Waals surface area (Å²) in [6.07, 6.45) is 6.32. The van der Waals surface area contributed by atoms with Crippen LogP contribution in [0.5, 0.6) is 0 Å². The largest absolute Gasteiger partial charge is 0.255 e. The van der Waals surface area contributed by atoms with Gasteiger partial charge in [-0.2, -0.15) is 10.9 Å². The number of thiol groups is 1. The zero-order valence-corrected chi connectivity index (χ0v) is 12.4. The fourth-order valence-electron chi connectivity index (χ4n) is 2.73. The second-order valence-electron chi connectivity index (χ2n) is 4.99. The van der Waals surface area contributed by atoms with E-state index in [2.05, 4.69) is 82.7 Å². The smallest absolute Gasteiger partial charge is 0.0709 e. The number of para-hydroxylation sites is 1. The van der Waals surface area contributed by atoms with Crippen LogP contribution in [-0.2, 0) is 0 Å². The van der Waals surface area contributed by atoms with Gasteiger partial charge in [-0.25, -0.2) is 0 Å². The maximum atomic E-state index is 4.66. The van der Waals surface area contributed by atoms with Gasteiger partial charge in [-0.3, -0.25) is 4.98 Å². The van der Waals surface area contributed by atoms with Crippen LogP contribution in [0.25, 0.3) is 22.0 Å². The maximum Gasteiger partial charge on any atom is 0.0709 e. The summed E-state index contributed by atoms with van der Waals surface area (Å²) < 4.78 is 0. The third-order valence-electron chi connectivity index (χ3n) is 3.70. The van der Waals surface area contributed by atoms with Gasteiger partial charge in [0.2, 0.25) is 0 Å². The van der Waals surface area contributed by atoms with Gasteiger partial charge in [0, 0.05) is 22.0 Å². The Morgan fingerprint density at radius 2 is 1.48 bits per heavy atom. The van der Waals surface area contributed by atoms with E-state index in [1.165, 1.54) is 21.4 Å². The molecule has 0 unspecified atom stereocenters. The number of benzene rings is 2. The Bertz CT molecular complexity index is 838. The molecule has 102 valence electrons. The molecule has 4 rings (SSSR count). The first-order valence-electron chi connectivity index (χ1n) is 7.00. The molecular weight excluding hydrogens is 274 g/mol. The van der Waals surface area contributed by atoms with E-state index in [1.807, 2.05) is 6.07 Å². The van der Waals surface area contributed by atoms with Crippen molar-refractivity contribution in [2.24, 2.45) is 0 Å². The summed E-state index contributed by atoms with van der Waals surface area (Å²) in [4.78, 5) is 5.99. The van der Waals surface area contributed by atoms with Crippen LogP contribution in [0.3, 0.4) is 0 Å². The quantitative estimate of drug-likeness (QED) is 0.631. The lowest BCUT2D eigenvalue weighted by molar-refractivity contribution is 1.30. The Morgan fingerprint density at radius 1 is 0.762 bits per heavy atom. The molecule has 0 spiro atoms. The monoisotopic (exact) mass is 289 g/mol. The molecule has 0 fully saturated rings. The lowest BCUT2D eigenvalue weighted by Crippen LogP contribution is -1.90. The third-order valence-corrected chi connectivity index (χ3v) is 5.58. The highest BCUT2D eigenvalue weighted by Crippen LogP contribution is 2.48. The fraction of sp³-hybridized carbons (Fsp3) is 0. The Kier molecular flexibility index (Phi) is 3.09. The summed E-state index contributed by atoms with van der Waals surface area (Å²) in [6, 6.07) is 19.0. The van der Waals surface area contributed by atoms with Crippen LogP contribution in [0.4, 0.5) is 0 Å². The highest BCUT2D eigenvalue weighted by atomic mass is 32.2. The number of rotatable bonds is 2. The maximum absolute atomic E-state index is 4.66. The molecule has 1 aromatic heterocycles. The predicted molar refractivity (Wildman–Crippen MR) is 92.7 cm³/mol. The van der Waals surface area contributed by atoms with Crippen molar-refractivity contribution < 1.29 is 0 Å². The zero-order chi connectivity index (χ0) is 14.1. The third kappa shape index (κ3) is 2.18. The van der Waals surface area contributed by atoms with Gasteiger partial charge in [0.05, 0.1) is 5.52 Å². The lowest BCUT2D eigenvalue weighted by atomic mass is 10.0. The molecule has 2 aromatic carbocycles. The number of hydrogen-bond donors (Lipinski definition) is 1. The average Bonchev–Trinajstić information content (AvgIpc) is 3.09. The van der Waals surface area contributed by atoms with Crippen molar-refractivity contribution in [3.63, 3.8) is 0 Å². The van der Waals surface area contributed by atoms with Gasteiger partial charge >= 0.3 is 0 Å². The van der Waals surface area contributed by atoms with Crippen molar-refractivity contribution in [3.05, 3.63) is 83.8 Å². The van der Waals surface area contributed by atoms with Crippen LogP contribution >= 0.6 is 10.9 Å². The molecule has 0 aliphatic carbocycles. The van der Waals surface area contributed by atoms with E-state index in [4.69, 9.17) is 0 Å². The molecule has 21 heavy (non-hydrogen) atoms. The lowest BCUT2D eigenvalue weighted by Gasteiger charge is -2.18. The van der Waals surface area contributed by atoms with Gasteiger partial charge in [0.15, 0.2) is 0 Å². The van der Waals surface area contributed by atoms with Crippen molar-refractivity contribution in [1.29, 1.82) is 0 Å². The van der Waals surface area contributed by atoms with E-state index in [0.29, 0.717) is 0 Å². The molecule has 1 aliphatic heterocycles. The van der Waals surface area contributed by atoms with Gasteiger partial charge in [-0.05, 0) is 22.4 Å². The predicted octanol–water partition coefficient (Wildman–Crippen LogP) is 5.30. The summed E-state index contributed by atoms with van der Waals surface area (Å²) in [7, 11) is -0.381. The number of fused-ring (bicyclic) bond motifs is 1. The minimum atomic E-state index is -0.381. The molecule has 1 aliphatic rings. The summed E-state index contributed by atoms with van der Waals surface area (Å²) in [5, 5.41) is 5.80. The van der Waals surface area contributed by atoms with Crippen LogP contribution in [0.1, 0.15) is 0 Å². The number of allylic oxidation sites excluding steroid dienone is 2. The Labute approximate surface area is 127 Å². The highest BCUT2D eigenvalue weighted by Gasteiger charge is 2.14. The second kappa shape index (κ2) is 5.23. The van der Waals surface area contributed by atoms with Crippen molar-refractivity contribution in [2.45, 2.75) is 4.90 Å². The van der Waals surface area contributed by atoms with Gasteiger partial charge in [0.1, 0.15) is 0 Å². The number of hydrogen-bond acceptors (Lipinski definition) is 1. The first kappa shape index (κ1) is 12.4. The molecule has 0 N–H and O–H groups in total. The summed E-state index contributed by atoms with van der Waals surface area (Å²) in [5.41, 5.74) is 3.65. The van der Waals surface area contributed by atoms with Gasteiger partial charge in [-0.15, -0.1) is 0 Å². The molecule has 2 heteroatoms. The molecule has 2 heterocycles. The van der Waals surface area contributed by atoms with E-state index < -0.39 is 0 Å². The topological polar surface area (TPSA) is 12.9 Å². The molecule has 1 nitrogen and oxygen atoms in total. The number of nitrogens with zero attached hydrogens (tertiary/aromatic N) is 1. The second-order valence-corrected chi connectivity index (χ2v) is 6.88. The van der Waals surface area contributed by atoms with E-state index in [0.717, 1.165) is 5.52 Å². The van der Waals surface area contributed by atoms with Gasteiger partial charge < -0.3 is 0 Å².